The summed E-state index contributed by atoms with van der Waals surface area (Å²) in [4.78, 5) is 0. The normalized spacial score (nSPS) is 58.8. The van der Waals surface area contributed by atoms with Crippen molar-refractivity contribution in [2.45, 2.75) is 25.4 Å². The lowest BCUT2D eigenvalue weighted by Crippen LogP contribution is -2.27. The molecule has 0 aliphatic heterocycles. The van der Waals surface area contributed by atoms with Crippen LogP contribution in [0.15, 0.2) is 12.2 Å². The van der Waals surface area contributed by atoms with Crippen LogP contribution in [-0.2, 0) is 0 Å². The molecule has 0 aromatic rings. The Labute approximate surface area is 67.1 Å². The zero-order valence-corrected chi connectivity index (χ0v) is 6.61. The van der Waals surface area contributed by atoms with E-state index in [0.29, 0.717) is 5.92 Å². The maximum atomic E-state index is 9.64. The van der Waals surface area contributed by atoms with Gasteiger partial charge in [-0.1, -0.05) is 12.2 Å². The molecule has 0 saturated heterocycles. The Kier molecular flexibility index (Phi) is 1.07. The zero-order chi connectivity index (χ0) is 7.42. The van der Waals surface area contributed by atoms with Gasteiger partial charge in [-0.25, -0.2) is 0 Å². The van der Waals surface area contributed by atoms with Crippen molar-refractivity contribution in [3.8, 4) is 0 Å². The summed E-state index contributed by atoms with van der Waals surface area (Å²) in [7, 11) is 0. The SMILES string of the molecule is O[C@@H]1C[C@H]2C[C@H]1[C@H]1CC=C[C@H]21. The molecule has 0 aromatic heterocycles. The lowest BCUT2D eigenvalue weighted by molar-refractivity contribution is 0.0697. The average Bonchev–Trinajstić information content (AvgIpc) is 2.52. The molecule has 1 heteroatoms. The Hall–Kier alpha value is -0.300. The van der Waals surface area contributed by atoms with Gasteiger partial charge in [0, 0.05) is 0 Å². The van der Waals surface area contributed by atoms with Gasteiger partial charge in [-0.2, -0.15) is 0 Å². The molecule has 0 spiro atoms. The zero-order valence-electron chi connectivity index (χ0n) is 6.61. The summed E-state index contributed by atoms with van der Waals surface area (Å²) in [5.74, 6) is 3.16. The largest absolute Gasteiger partial charge is 0.393 e. The molecule has 0 aromatic carbocycles. The van der Waals surface area contributed by atoms with Crippen LogP contribution in [0.4, 0.5) is 0 Å². The third-order valence-corrected chi connectivity index (χ3v) is 3.97. The Bertz CT molecular complexity index is 209. The monoisotopic (exact) mass is 150 g/mol. The van der Waals surface area contributed by atoms with Crippen LogP contribution in [0.5, 0.6) is 0 Å². The van der Waals surface area contributed by atoms with Crippen LogP contribution in [0.1, 0.15) is 19.3 Å². The number of hydrogen-bond donors (Lipinski definition) is 1. The molecule has 60 valence electrons. The lowest BCUT2D eigenvalue weighted by atomic mass is 9.80. The highest BCUT2D eigenvalue weighted by Gasteiger charge is 2.51. The Morgan fingerprint density at radius 3 is 3.00 bits per heavy atom. The van der Waals surface area contributed by atoms with E-state index in [1.54, 1.807) is 0 Å². The molecule has 3 aliphatic rings. The van der Waals surface area contributed by atoms with Crippen LogP contribution in [-0.4, -0.2) is 11.2 Å². The first-order chi connectivity index (χ1) is 5.36. The molecule has 1 N–H and O–H groups in total. The minimum Gasteiger partial charge on any atom is -0.393 e. The van der Waals surface area contributed by atoms with Gasteiger partial charge in [0.15, 0.2) is 0 Å². The molecule has 2 bridgehead atoms. The topological polar surface area (TPSA) is 20.2 Å². The second-order valence-corrected chi connectivity index (χ2v) is 4.37. The molecule has 0 amide bonds. The molecule has 0 unspecified atom stereocenters. The Balaban J connectivity index is 1.94. The van der Waals surface area contributed by atoms with Gasteiger partial charge in [0.05, 0.1) is 6.10 Å². The van der Waals surface area contributed by atoms with Crippen molar-refractivity contribution < 1.29 is 5.11 Å². The summed E-state index contributed by atoms with van der Waals surface area (Å²) in [5.41, 5.74) is 0. The predicted octanol–water partition coefficient (Wildman–Crippen LogP) is 1.58. The molecule has 0 heterocycles. The van der Waals surface area contributed by atoms with E-state index in [0.717, 1.165) is 24.2 Å². The van der Waals surface area contributed by atoms with Crippen molar-refractivity contribution in [1.82, 2.24) is 0 Å². The summed E-state index contributed by atoms with van der Waals surface area (Å²) in [6.07, 6.45) is 8.37. The van der Waals surface area contributed by atoms with Crippen molar-refractivity contribution in [1.29, 1.82) is 0 Å². The van der Waals surface area contributed by atoms with E-state index in [1.807, 2.05) is 0 Å². The molecular weight excluding hydrogens is 136 g/mol. The number of hydrogen-bond acceptors (Lipinski definition) is 1. The summed E-state index contributed by atoms with van der Waals surface area (Å²) in [6.45, 7) is 0. The molecule has 3 rings (SSSR count). The summed E-state index contributed by atoms with van der Waals surface area (Å²) < 4.78 is 0. The molecule has 1 nitrogen and oxygen atoms in total. The van der Waals surface area contributed by atoms with Gasteiger partial charge < -0.3 is 5.11 Å². The number of rotatable bonds is 0. The molecule has 11 heavy (non-hydrogen) atoms. The van der Waals surface area contributed by atoms with Crippen LogP contribution >= 0.6 is 0 Å². The third kappa shape index (κ3) is 0.652. The number of allylic oxidation sites excluding steroid dienone is 2. The van der Waals surface area contributed by atoms with E-state index < -0.39 is 0 Å². The van der Waals surface area contributed by atoms with E-state index in [4.69, 9.17) is 0 Å². The van der Waals surface area contributed by atoms with Gasteiger partial charge in [0.25, 0.3) is 0 Å². The maximum absolute atomic E-state index is 9.64. The Morgan fingerprint density at radius 2 is 2.09 bits per heavy atom. The quantitative estimate of drug-likeness (QED) is 0.520. The van der Waals surface area contributed by atoms with Crippen LogP contribution in [0.3, 0.4) is 0 Å². The van der Waals surface area contributed by atoms with Crippen LogP contribution < -0.4 is 0 Å². The molecule has 2 fully saturated rings. The van der Waals surface area contributed by atoms with Crippen molar-refractivity contribution in [3.05, 3.63) is 12.2 Å². The van der Waals surface area contributed by atoms with Crippen molar-refractivity contribution in [2.24, 2.45) is 23.7 Å². The standard InChI is InChI=1S/C10H14O/c11-10-5-6-4-9(10)8-3-1-2-7(6)8/h1-2,6-11H,3-5H2/t6-,7-,8+,9+,10-/m1/s1. The smallest absolute Gasteiger partial charge is 0.0574 e. The minimum absolute atomic E-state index is 0.0427. The second-order valence-electron chi connectivity index (χ2n) is 4.37. The summed E-state index contributed by atoms with van der Waals surface area (Å²) in [6, 6.07) is 0. The van der Waals surface area contributed by atoms with E-state index >= 15 is 0 Å². The van der Waals surface area contributed by atoms with Crippen molar-refractivity contribution in [2.75, 3.05) is 0 Å². The van der Waals surface area contributed by atoms with Gasteiger partial charge >= 0.3 is 0 Å². The summed E-state index contributed by atoms with van der Waals surface area (Å²) in [5, 5.41) is 9.64. The van der Waals surface area contributed by atoms with Gasteiger partial charge in [-0.3, -0.25) is 0 Å². The highest BCUT2D eigenvalue weighted by molar-refractivity contribution is 5.14. The van der Waals surface area contributed by atoms with Gasteiger partial charge in [0.2, 0.25) is 0 Å². The lowest BCUT2D eigenvalue weighted by Gasteiger charge is -2.27. The first-order valence-electron chi connectivity index (χ1n) is 4.71. The van der Waals surface area contributed by atoms with Gasteiger partial charge in [-0.05, 0) is 42.9 Å². The fourth-order valence-electron chi connectivity index (χ4n) is 3.52. The first-order valence-corrected chi connectivity index (χ1v) is 4.71. The Morgan fingerprint density at radius 1 is 1.18 bits per heavy atom. The fraction of sp³-hybridized carbons (Fsp3) is 0.800. The fourth-order valence-corrected chi connectivity index (χ4v) is 3.52. The van der Waals surface area contributed by atoms with Gasteiger partial charge in [0.1, 0.15) is 0 Å². The highest BCUT2D eigenvalue weighted by atomic mass is 16.3. The highest BCUT2D eigenvalue weighted by Crippen LogP contribution is 2.56. The molecule has 3 aliphatic carbocycles. The first kappa shape index (κ1) is 6.24. The van der Waals surface area contributed by atoms with E-state index in [9.17, 15) is 5.11 Å². The van der Waals surface area contributed by atoms with E-state index in [1.165, 1.54) is 12.8 Å². The maximum Gasteiger partial charge on any atom is 0.0574 e. The molecule has 0 radical (unpaired) electrons. The minimum atomic E-state index is 0.0427. The third-order valence-electron chi connectivity index (χ3n) is 3.97. The average molecular weight is 150 g/mol. The van der Waals surface area contributed by atoms with Crippen LogP contribution in [0.25, 0.3) is 0 Å². The molecular formula is C10H14O. The van der Waals surface area contributed by atoms with Crippen molar-refractivity contribution in [3.63, 3.8) is 0 Å². The van der Waals surface area contributed by atoms with Crippen molar-refractivity contribution >= 4 is 0 Å². The molecule has 5 atom stereocenters. The van der Waals surface area contributed by atoms with E-state index in [-0.39, 0.29) is 6.10 Å². The number of aliphatic hydroxyl groups excluding tert-OH is 1. The number of aliphatic hydroxyl groups is 1. The number of fused-ring (bicyclic) bond motifs is 5. The second kappa shape index (κ2) is 1.89. The van der Waals surface area contributed by atoms with E-state index in [2.05, 4.69) is 12.2 Å². The van der Waals surface area contributed by atoms with Crippen LogP contribution in [0.2, 0.25) is 0 Å². The van der Waals surface area contributed by atoms with Crippen LogP contribution in [0, 0.1) is 23.7 Å². The molecule has 2 saturated carbocycles. The van der Waals surface area contributed by atoms with Gasteiger partial charge in [-0.15, -0.1) is 0 Å². The predicted molar refractivity (Wildman–Crippen MR) is 43.0 cm³/mol. The summed E-state index contributed by atoms with van der Waals surface area (Å²) >= 11 is 0.